The molecule has 0 aliphatic heterocycles. The molecule has 4 rings (SSSR count). The molecule has 0 unspecified atom stereocenters. The number of fused-ring (bicyclic) bond motifs is 1. The first-order valence-corrected chi connectivity index (χ1v) is 8.40. The number of nitro groups is 1. The first kappa shape index (κ1) is 15.4. The zero-order valence-electron chi connectivity index (χ0n) is 13.5. The number of nitrogens with zero attached hydrogens (tertiary/aromatic N) is 5. The molecule has 25 heavy (non-hydrogen) atoms. The van der Waals surface area contributed by atoms with Gasteiger partial charge in [0.25, 0.3) is 5.69 Å². The molecule has 0 N–H and O–H groups in total. The second kappa shape index (κ2) is 5.75. The van der Waals surface area contributed by atoms with Crippen LogP contribution in [0.2, 0.25) is 0 Å². The number of rotatable bonds is 3. The third kappa shape index (κ3) is 2.56. The summed E-state index contributed by atoms with van der Waals surface area (Å²) in [6, 6.07) is 13.0. The topological polar surface area (TPSA) is 86.2 Å². The summed E-state index contributed by atoms with van der Waals surface area (Å²) in [5.74, 6) is 0.664. The van der Waals surface area contributed by atoms with Gasteiger partial charge >= 0.3 is 0 Å². The summed E-state index contributed by atoms with van der Waals surface area (Å²) in [4.78, 5) is 11.4. The van der Waals surface area contributed by atoms with Crippen LogP contribution in [0.15, 0.2) is 42.5 Å². The van der Waals surface area contributed by atoms with E-state index in [2.05, 4.69) is 15.3 Å². The largest absolute Gasteiger partial charge is 0.273 e. The van der Waals surface area contributed by atoms with Gasteiger partial charge in [-0.3, -0.25) is 10.1 Å². The van der Waals surface area contributed by atoms with Gasteiger partial charge in [-0.1, -0.05) is 47.7 Å². The third-order valence-corrected chi connectivity index (χ3v) is 4.98. The molecule has 0 spiro atoms. The van der Waals surface area contributed by atoms with Crippen LogP contribution in [-0.2, 0) is 0 Å². The SMILES string of the molecule is Cc1ccccc1-c1nnc2sc(-c3ccc(C)c([N+](=O)[O-])c3)nn12. The lowest BCUT2D eigenvalue weighted by atomic mass is 10.1. The van der Waals surface area contributed by atoms with Crippen molar-refractivity contribution in [3.05, 3.63) is 63.7 Å². The van der Waals surface area contributed by atoms with Gasteiger partial charge in [0.1, 0.15) is 5.01 Å². The highest BCUT2D eigenvalue weighted by atomic mass is 32.1. The van der Waals surface area contributed by atoms with Gasteiger partial charge in [-0.25, -0.2) is 0 Å². The molecule has 0 saturated heterocycles. The number of aromatic nitrogens is 4. The lowest BCUT2D eigenvalue weighted by molar-refractivity contribution is -0.385. The molecule has 124 valence electrons. The molecule has 2 heterocycles. The summed E-state index contributed by atoms with van der Waals surface area (Å²) >= 11 is 1.35. The Morgan fingerprint density at radius 1 is 1.08 bits per heavy atom. The molecule has 0 saturated carbocycles. The van der Waals surface area contributed by atoms with E-state index in [1.54, 1.807) is 23.6 Å². The van der Waals surface area contributed by atoms with Crippen molar-refractivity contribution in [2.24, 2.45) is 0 Å². The molecule has 0 aliphatic rings. The molecular weight excluding hydrogens is 338 g/mol. The predicted octanol–water partition coefficient (Wildman–Crippen LogP) is 4.04. The van der Waals surface area contributed by atoms with Crippen molar-refractivity contribution >= 4 is 22.0 Å². The summed E-state index contributed by atoms with van der Waals surface area (Å²) in [5.41, 5.74) is 3.45. The Hall–Kier alpha value is -3.13. The molecule has 0 aliphatic carbocycles. The van der Waals surface area contributed by atoms with Crippen LogP contribution in [0.4, 0.5) is 5.69 Å². The van der Waals surface area contributed by atoms with Crippen LogP contribution in [-0.4, -0.2) is 24.7 Å². The highest BCUT2D eigenvalue weighted by Crippen LogP contribution is 2.31. The van der Waals surface area contributed by atoms with Crippen molar-refractivity contribution in [1.29, 1.82) is 0 Å². The average Bonchev–Trinajstić information content (AvgIpc) is 3.16. The first-order valence-electron chi connectivity index (χ1n) is 7.58. The van der Waals surface area contributed by atoms with Gasteiger partial charge in [-0.2, -0.15) is 9.61 Å². The molecule has 4 aromatic rings. The summed E-state index contributed by atoms with van der Waals surface area (Å²) in [7, 11) is 0. The van der Waals surface area contributed by atoms with Crippen molar-refractivity contribution in [3.8, 4) is 22.0 Å². The number of benzene rings is 2. The van der Waals surface area contributed by atoms with E-state index in [9.17, 15) is 10.1 Å². The van der Waals surface area contributed by atoms with Crippen LogP contribution in [0.3, 0.4) is 0 Å². The van der Waals surface area contributed by atoms with Crippen molar-refractivity contribution < 1.29 is 4.92 Å². The Morgan fingerprint density at radius 3 is 2.64 bits per heavy atom. The average molecular weight is 351 g/mol. The summed E-state index contributed by atoms with van der Waals surface area (Å²) < 4.78 is 1.69. The normalized spacial score (nSPS) is 11.1. The fourth-order valence-electron chi connectivity index (χ4n) is 2.66. The molecule has 2 aromatic carbocycles. The zero-order valence-corrected chi connectivity index (χ0v) is 14.3. The van der Waals surface area contributed by atoms with Gasteiger partial charge in [-0.05, 0) is 19.4 Å². The van der Waals surface area contributed by atoms with Crippen molar-refractivity contribution in [3.63, 3.8) is 0 Å². The van der Waals surface area contributed by atoms with Gasteiger partial charge in [0.05, 0.1) is 4.92 Å². The number of hydrogen-bond donors (Lipinski definition) is 0. The van der Waals surface area contributed by atoms with Crippen molar-refractivity contribution in [2.45, 2.75) is 13.8 Å². The lowest BCUT2D eigenvalue weighted by Crippen LogP contribution is -1.94. The molecule has 2 aromatic heterocycles. The maximum atomic E-state index is 11.2. The van der Waals surface area contributed by atoms with E-state index in [1.165, 1.54) is 11.3 Å². The second-order valence-electron chi connectivity index (χ2n) is 5.70. The minimum absolute atomic E-state index is 0.0857. The van der Waals surface area contributed by atoms with Gasteiger partial charge in [0.15, 0.2) is 5.82 Å². The minimum Gasteiger partial charge on any atom is -0.258 e. The van der Waals surface area contributed by atoms with Gasteiger partial charge in [-0.15, -0.1) is 10.2 Å². The van der Waals surface area contributed by atoms with Crippen molar-refractivity contribution in [2.75, 3.05) is 0 Å². The predicted molar refractivity (Wildman–Crippen MR) is 95.7 cm³/mol. The van der Waals surface area contributed by atoms with E-state index in [1.807, 2.05) is 37.3 Å². The second-order valence-corrected chi connectivity index (χ2v) is 6.65. The quantitative estimate of drug-likeness (QED) is 0.410. The maximum absolute atomic E-state index is 11.2. The number of aryl methyl sites for hydroxylation is 2. The maximum Gasteiger partial charge on any atom is 0.273 e. The van der Waals surface area contributed by atoms with Crippen LogP contribution in [0.1, 0.15) is 11.1 Å². The summed E-state index contributed by atoms with van der Waals surface area (Å²) in [5, 5.41) is 24.8. The van der Waals surface area contributed by atoms with Gasteiger partial charge in [0.2, 0.25) is 4.96 Å². The Kier molecular flexibility index (Phi) is 3.54. The Bertz CT molecular complexity index is 1120. The molecule has 0 atom stereocenters. The minimum atomic E-state index is -0.377. The Labute approximate surface area is 146 Å². The van der Waals surface area contributed by atoms with E-state index in [0.29, 0.717) is 26.9 Å². The molecule has 8 heteroatoms. The smallest absolute Gasteiger partial charge is 0.258 e. The van der Waals surface area contributed by atoms with Crippen LogP contribution < -0.4 is 0 Å². The van der Waals surface area contributed by atoms with Crippen LogP contribution in [0.25, 0.3) is 26.9 Å². The molecule has 0 radical (unpaired) electrons. The third-order valence-electron chi connectivity index (χ3n) is 4.03. The highest BCUT2D eigenvalue weighted by molar-refractivity contribution is 7.19. The van der Waals surface area contributed by atoms with Crippen molar-refractivity contribution in [1.82, 2.24) is 19.8 Å². The Morgan fingerprint density at radius 2 is 1.88 bits per heavy atom. The lowest BCUT2D eigenvalue weighted by Gasteiger charge is -2.01. The summed E-state index contributed by atoms with van der Waals surface area (Å²) in [6.07, 6.45) is 0. The molecule has 0 bridgehead atoms. The van der Waals surface area contributed by atoms with E-state index in [4.69, 9.17) is 0 Å². The molecular formula is C17H13N5O2S. The molecule has 7 nitrogen and oxygen atoms in total. The standard InChI is InChI=1S/C17H13N5O2S/c1-10-5-3-4-6-13(10)15-18-19-17-21(15)20-16(25-17)12-8-7-11(2)14(9-12)22(23)24/h3-9H,1-2H3. The fourth-order valence-corrected chi connectivity index (χ4v) is 3.50. The fraction of sp³-hybridized carbons (Fsp3) is 0.118. The Balaban J connectivity index is 1.85. The summed E-state index contributed by atoms with van der Waals surface area (Å²) in [6.45, 7) is 3.73. The van der Waals surface area contributed by atoms with Gasteiger partial charge in [0, 0.05) is 22.8 Å². The van der Waals surface area contributed by atoms with Gasteiger partial charge < -0.3 is 0 Å². The first-order chi connectivity index (χ1) is 12.0. The van der Waals surface area contributed by atoms with Crippen LogP contribution in [0, 0.1) is 24.0 Å². The number of nitro benzene ring substituents is 1. The molecule has 0 fully saturated rings. The van der Waals surface area contributed by atoms with Crippen LogP contribution >= 0.6 is 11.3 Å². The van der Waals surface area contributed by atoms with E-state index < -0.39 is 0 Å². The van der Waals surface area contributed by atoms with E-state index in [0.717, 1.165) is 11.1 Å². The monoisotopic (exact) mass is 351 g/mol. The van der Waals surface area contributed by atoms with E-state index in [-0.39, 0.29) is 10.6 Å². The van der Waals surface area contributed by atoms with E-state index >= 15 is 0 Å². The number of hydrogen-bond acceptors (Lipinski definition) is 6. The zero-order chi connectivity index (χ0) is 17.6. The molecule has 0 amide bonds. The highest BCUT2D eigenvalue weighted by Gasteiger charge is 2.18. The van der Waals surface area contributed by atoms with Crippen LogP contribution in [0.5, 0.6) is 0 Å².